The van der Waals surface area contributed by atoms with Crippen LogP contribution in [0.1, 0.15) is 13.8 Å². The lowest BCUT2D eigenvalue weighted by Crippen LogP contribution is -2.47. The number of benzene rings is 1. The zero-order valence-electron chi connectivity index (χ0n) is 11.4. The number of rotatable bonds is 5. The predicted molar refractivity (Wildman–Crippen MR) is 76.4 cm³/mol. The average Bonchev–Trinajstić information content (AvgIpc) is 2.44. The highest BCUT2D eigenvalue weighted by molar-refractivity contribution is 5.88. The minimum absolute atomic E-state index is 0.00597. The van der Waals surface area contributed by atoms with Crippen molar-refractivity contribution >= 4 is 17.3 Å². The summed E-state index contributed by atoms with van der Waals surface area (Å²) in [6, 6.07) is 7.63. The molecule has 1 aromatic carbocycles. The molecule has 1 heterocycles. The highest BCUT2D eigenvalue weighted by Crippen LogP contribution is 2.24. The lowest BCUT2D eigenvalue weighted by molar-refractivity contribution is -0.122. The van der Waals surface area contributed by atoms with Gasteiger partial charge in [0.2, 0.25) is 5.91 Å². The van der Waals surface area contributed by atoms with Gasteiger partial charge in [-0.15, -0.1) is 0 Å². The first-order valence-electron chi connectivity index (χ1n) is 6.69. The van der Waals surface area contributed by atoms with Crippen LogP contribution in [-0.2, 0) is 9.53 Å². The molecule has 1 aliphatic heterocycles. The number of anilines is 2. The van der Waals surface area contributed by atoms with E-state index in [4.69, 9.17) is 4.74 Å². The van der Waals surface area contributed by atoms with Gasteiger partial charge in [-0.2, -0.15) is 0 Å². The van der Waals surface area contributed by atoms with Gasteiger partial charge in [-0.25, -0.2) is 0 Å². The smallest absolute Gasteiger partial charge is 0.244 e. The number of para-hydroxylation sites is 2. The van der Waals surface area contributed by atoms with Gasteiger partial charge in [-0.1, -0.05) is 12.1 Å². The fourth-order valence-corrected chi connectivity index (χ4v) is 2.08. The SMILES string of the molecule is CCOC(C)CNC(=O)C1CNc2ccccc2N1. The highest BCUT2D eigenvalue weighted by Gasteiger charge is 2.23. The van der Waals surface area contributed by atoms with Crippen LogP contribution in [0.4, 0.5) is 11.4 Å². The van der Waals surface area contributed by atoms with Gasteiger partial charge in [0.05, 0.1) is 17.5 Å². The number of fused-ring (bicyclic) bond motifs is 1. The van der Waals surface area contributed by atoms with Crippen LogP contribution in [0.2, 0.25) is 0 Å². The number of carbonyl (C=O) groups excluding carboxylic acids is 1. The Hall–Kier alpha value is -1.75. The molecule has 5 nitrogen and oxygen atoms in total. The van der Waals surface area contributed by atoms with Gasteiger partial charge in [0.1, 0.15) is 6.04 Å². The van der Waals surface area contributed by atoms with Gasteiger partial charge in [0.15, 0.2) is 0 Å². The Morgan fingerprint density at radius 3 is 2.95 bits per heavy atom. The summed E-state index contributed by atoms with van der Waals surface area (Å²) in [5, 5.41) is 9.39. The van der Waals surface area contributed by atoms with Crippen LogP contribution in [0.3, 0.4) is 0 Å². The Bertz CT molecular complexity index is 436. The maximum atomic E-state index is 12.0. The molecule has 3 N–H and O–H groups in total. The molecule has 2 rings (SSSR count). The van der Waals surface area contributed by atoms with Gasteiger partial charge in [-0.05, 0) is 26.0 Å². The standard InChI is InChI=1S/C14H21N3O2/c1-3-19-10(2)8-16-14(18)13-9-15-11-6-4-5-7-12(11)17-13/h4-7,10,13,15,17H,3,8-9H2,1-2H3,(H,16,18). The number of hydrogen-bond acceptors (Lipinski definition) is 4. The van der Waals surface area contributed by atoms with Gasteiger partial charge < -0.3 is 20.7 Å². The average molecular weight is 263 g/mol. The van der Waals surface area contributed by atoms with Crippen LogP contribution >= 0.6 is 0 Å². The molecule has 0 spiro atoms. The second-order valence-corrected chi connectivity index (χ2v) is 4.63. The molecule has 0 saturated carbocycles. The first-order chi connectivity index (χ1) is 9.20. The van der Waals surface area contributed by atoms with Crippen LogP contribution in [0, 0.1) is 0 Å². The molecular formula is C14H21N3O2. The molecule has 1 amide bonds. The third kappa shape index (κ3) is 3.61. The second-order valence-electron chi connectivity index (χ2n) is 4.63. The van der Waals surface area contributed by atoms with E-state index >= 15 is 0 Å². The molecule has 5 heteroatoms. The predicted octanol–water partition coefficient (Wildman–Crippen LogP) is 1.43. The largest absolute Gasteiger partial charge is 0.381 e. The minimum atomic E-state index is -0.247. The monoisotopic (exact) mass is 263 g/mol. The Morgan fingerprint density at radius 1 is 1.47 bits per heavy atom. The second kappa shape index (κ2) is 6.43. The Labute approximate surface area is 113 Å². The molecule has 1 aromatic rings. The molecule has 0 saturated heterocycles. The van der Waals surface area contributed by atoms with Crippen LogP contribution in [0.15, 0.2) is 24.3 Å². The molecule has 0 fully saturated rings. The summed E-state index contributed by atoms with van der Waals surface area (Å²) in [7, 11) is 0. The summed E-state index contributed by atoms with van der Waals surface area (Å²) in [6.07, 6.45) is 0.0396. The van der Waals surface area contributed by atoms with E-state index in [0.717, 1.165) is 11.4 Å². The van der Waals surface area contributed by atoms with Crippen LogP contribution in [-0.4, -0.2) is 37.7 Å². The number of carbonyl (C=O) groups is 1. The van der Waals surface area contributed by atoms with Crippen LogP contribution in [0.25, 0.3) is 0 Å². The maximum Gasteiger partial charge on any atom is 0.244 e. The van der Waals surface area contributed by atoms with Crippen molar-refractivity contribution in [1.29, 1.82) is 0 Å². The highest BCUT2D eigenvalue weighted by atomic mass is 16.5. The molecule has 1 aliphatic rings. The summed E-state index contributed by atoms with van der Waals surface area (Å²) >= 11 is 0. The molecule has 104 valence electrons. The third-order valence-electron chi connectivity index (χ3n) is 3.08. The van der Waals surface area contributed by atoms with Crippen molar-refractivity contribution in [3.8, 4) is 0 Å². The van der Waals surface area contributed by atoms with E-state index < -0.39 is 0 Å². The summed E-state index contributed by atoms with van der Waals surface area (Å²) < 4.78 is 5.39. The summed E-state index contributed by atoms with van der Waals surface area (Å²) in [4.78, 5) is 12.0. The molecular weight excluding hydrogens is 242 g/mol. The fourth-order valence-electron chi connectivity index (χ4n) is 2.08. The van der Waals surface area contributed by atoms with Gasteiger partial charge in [-0.3, -0.25) is 4.79 Å². The molecule has 19 heavy (non-hydrogen) atoms. The van der Waals surface area contributed by atoms with E-state index in [9.17, 15) is 4.79 Å². The van der Waals surface area contributed by atoms with E-state index in [1.165, 1.54) is 0 Å². The van der Waals surface area contributed by atoms with Crippen LogP contribution in [0.5, 0.6) is 0 Å². The number of amides is 1. The summed E-state index contributed by atoms with van der Waals surface area (Å²) in [5.74, 6) is -0.00597. The topological polar surface area (TPSA) is 62.4 Å². The number of hydrogen-bond donors (Lipinski definition) is 3. The van der Waals surface area contributed by atoms with E-state index in [1.807, 2.05) is 38.1 Å². The molecule has 0 radical (unpaired) electrons. The third-order valence-corrected chi connectivity index (χ3v) is 3.08. The van der Waals surface area contributed by atoms with Gasteiger partial charge in [0.25, 0.3) is 0 Å². The Morgan fingerprint density at radius 2 is 2.21 bits per heavy atom. The van der Waals surface area contributed by atoms with E-state index in [1.54, 1.807) is 0 Å². The van der Waals surface area contributed by atoms with Crippen molar-refractivity contribution in [3.05, 3.63) is 24.3 Å². The zero-order valence-corrected chi connectivity index (χ0v) is 11.4. The van der Waals surface area contributed by atoms with E-state index in [-0.39, 0.29) is 18.1 Å². The zero-order chi connectivity index (χ0) is 13.7. The van der Waals surface area contributed by atoms with Crippen LogP contribution < -0.4 is 16.0 Å². The van der Waals surface area contributed by atoms with Crippen molar-refractivity contribution in [1.82, 2.24) is 5.32 Å². The molecule has 0 aromatic heterocycles. The molecule has 2 atom stereocenters. The van der Waals surface area contributed by atoms with Gasteiger partial charge in [0, 0.05) is 19.7 Å². The van der Waals surface area contributed by atoms with Gasteiger partial charge >= 0.3 is 0 Å². The quantitative estimate of drug-likeness (QED) is 0.752. The number of ether oxygens (including phenoxy) is 1. The van der Waals surface area contributed by atoms with E-state index in [2.05, 4.69) is 16.0 Å². The normalized spacial score (nSPS) is 18.7. The minimum Gasteiger partial charge on any atom is -0.381 e. The van der Waals surface area contributed by atoms with E-state index in [0.29, 0.717) is 19.7 Å². The summed E-state index contributed by atoms with van der Waals surface area (Å²) in [6.45, 7) is 5.68. The van der Waals surface area contributed by atoms with Crippen molar-refractivity contribution in [2.75, 3.05) is 30.3 Å². The fraction of sp³-hybridized carbons (Fsp3) is 0.500. The molecule has 0 aliphatic carbocycles. The first-order valence-corrected chi connectivity index (χ1v) is 6.69. The van der Waals surface area contributed by atoms with Crippen molar-refractivity contribution in [2.24, 2.45) is 0 Å². The molecule has 0 bridgehead atoms. The molecule has 2 unspecified atom stereocenters. The number of nitrogens with one attached hydrogen (secondary N) is 3. The maximum absolute atomic E-state index is 12.0. The van der Waals surface area contributed by atoms with Crippen molar-refractivity contribution < 1.29 is 9.53 Å². The summed E-state index contributed by atoms with van der Waals surface area (Å²) in [5.41, 5.74) is 2.00. The Kier molecular flexibility index (Phi) is 4.63. The Balaban J connectivity index is 1.85. The lowest BCUT2D eigenvalue weighted by Gasteiger charge is -2.27. The van der Waals surface area contributed by atoms with Crippen molar-refractivity contribution in [2.45, 2.75) is 26.0 Å². The lowest BCUT2D eigenvalue weighted by atomic mass is 10.1. The first kappa shape index (κ1) is 13.7. The van der Waals surface area contributed by atoms with Crippen molar-refractivity contribution in [3.63, 3.8) is 0 Å².